The number of hydrogen-bond donors (Lipinski definition) is 0. The van der Waals surface area contributed by atoms with Gasteiger partial charge in [-0.2, -0.15) is 13.2 Å². The molecule has 2 aromatic rings. The Labute approximate surface area is 114 Å². The summed E-state index contributed by atoms with van der Waals surface area (Å²) in [5, 5.41) is 0. The number of rotatable bonds is 3. The molecule has 2 nitrogen and oxygen atoms in total. The van der Waals surface area contributed by atoms with Crippen LogP contribution in [0.1, 0.15) is 23.8 Å². The third-order valence-corrected chi connectivity index (χ3v) is 2.91. The van der Waals surface area contributed by atoms with Gasteiger partial charge >= 0.3 is 6.18 Å². The molecule has 0 atom stereocenters. The minimum atomic E-state index is -4.39. The Bertz CT molecular complexity index is 639. The summed E-state index contributed by atoms with van der Waals surface area (Å²) in [7, 11) is 0. The molecule has 20 heavy (non-hydrogen) atoms. The van der Waals surface area contributed by atoms with Crippen LogP contribution in [0, 0.1) is 6.92 Å². The number of benzene rings is 1. The Morgan fingerprint density at radius 2 is 1.90 bits per heavy atom. The summed E-state index contributed by atoms with van der Waals surface area (Å²) in [6.07, 6.45) is -4.26. The van der Waals surface area contributed by atoms with Crippen molar-refractivity contribution in [2.24, 2.45) is 0 Å². The molecule has 0 fully saturated rings. The first-order valence-electron chi connectivity index (χ1n) is 6.04. The number of Topliss-reactive ketones (excluding diaryl/α,β-unsaturated/α-hetero) is 1. The average Bonchev–Trinajstić information content (AvgIpc) is 2.75. The quantitative estimate of drug-likeness (QED) is 0.835. The van der Waals surface area contributed by atoms with Crippen LogP contribution in [0.4, 0.5) is 13.2 Å². The van der Waals surface area contributed by atoms with E-state index in [1.165, 1.54) is 19.9 Å². The molecule has 0 radical (unpaired) electrons. The Morgan fingerprint density at radius 3 is 2.50 bits per heavy atom. The first kappa shape index (κ1) is 14.4. The fourth-order valence-electron chi connectivity index (χ4n) is 1.95. The molecule has 0 saturated carbocycles. The summed E-state index contributed by atoms with van der Waals surface area (Å²) in [4.78, 5) is 11.0. The van der Waals surface area contributed by atoms with E-state index in [4.69, 9.17) is 4.42 Å². The predicted molar refractivity (Wildman–Crippen MR) is 68.3 cm³/mol. The number of alkyl halides is 3. The molecule has 1 aromatic heterocycles. The third kappa shape index (κ3) is 3.10. The van der Waals surface area contributed by atoms with E-state index in [1.807, 2.05) is 0 Å². The van der Waals surface area contributed by atoms with Crippen LogP contribution in [0.2, 0.25) is 0 Å². The van der Waals surface area contributed by atoms with Crippen LogP contribution in [0.15, 0.2) is 34.7 Å². The lowest BCUT2D eigenvalue weighted by Crippen LogP contribution is -2.07. The van der Waals surface area contributed by atoms with E-state index in [2.05, 4.69) is 0 Å². The minimum Gasteiger partial charge on any atom is -0.461 e. The van der Waals surface area contributed by atoms with Gasteiger partial charge in [0, 0.05) is 5.56 Å². The number of ketones is 1. The van der Waals surface area contributed by atoms with Gasteiger partial charge in [0.05, 0.1) is 12.0 Å². The third-order valence-electron chi connectivity index (χ3n) is 2.91. The van der Waals surface area contributed by atoms with Gasteiger partial charge in [-0.3, -0.25) is 4.79 Å². The summed E-state index contributed by atoms with van der Waals surface area (Å²) in [6, 6.07) is 7.21. The fourth-order valence-corrected chi connectivity index (χ4v) is 1.95. The second-order valence-electron chi connectivity index (χ2n) is 4.67. The number of carbonyl (C=O) groups excluding carboxylic acids is 1. The lowest BCUT2D eigenvalue weighted by atomic mass is 10.0. The Morgan fingerprint density at radius 1 is 1.20 bits per heavy atom. The summed E-state index contributed by atoms with van der Waals surface area (Å²) >= 11 is 0. The van der Waals surface area contributed by atoms with Crippen molar-refractivity contribution in [3.05, 3.63) is 47.2 Å². The molecule has 0 saturated heterocycles. The Kier molecular flexibility index (Phi) is 3.70. The zero-order valence-corrected chi connectivity index (χ0v) is 11.0. The zero-order valence-electron chi connectivity index (χ0n) is 11.0. The number of aryl methyl sites for hydroxylation is 1. The van der Waals surface area contributed by atoms with Crippen LogP contribution in [0.25, 0.3) is 11.3 Å². The van der Waals surface area contributed by atoms with E-state index in [9.17, 15) is 18.0 Å². The highest BCUT2D eigenvalue weighted by atomic mass is 19.4. The maximum atomic E-state index is 12.8. The monoisotopic (exact) mass is 282 g/mol. The molecule has 106 valence electrons. The summed E-state index contributed by atoms with van der Waals surface area (Å²) in [5.74, 6) is 0.708. The molecule has 0 N–H and O–H groups in total. The maximum Gasteiger partial charge on any atom is 0.416 e. The highest BCUT2D eigenvalue weighted by Crippen LogP contribution is 2.35. The number of hydrogen-bond acceptors (Lipinski definition) is 2. The molecular weight excluding hydrogens is 269 g/mol. The van der Waals surface area contributed by atoms with Gasteiger partial charge in [-0.15, -0.1) is 0 Å². The van der Waals surface area contributed by atoms with Gasteiger partial charge in [0.2, 0.25) is 0 Å². The second kappa shape index (κ2) is 5.15. The van der Waals surface area contributed by atoms with Gasteiger partial charge < -0.3 is 4.42 Å². The summed E-state index contributed by atoms with van der Waals surface area (Å²) in [6.45, 7) is 2.84. The van der Waals surface area contributed by atoms with Crippen LogP contribution in [0.3, 0.4) is 0 Å². The predicted octanol–water partition coefficient (Wildman–Crippen LogP) is 4.41. The Balaban J connectivity index is 2.38. The molecule has 0 amide bonds. The molecule has 0 bridgehead atoms. The SMILES string of the molecule is CC(=O)Cc1ccc(-c2ccc(C)c(C(F)(F)F)c2)o1. The first-order valence-corrected chi connectivity index (χ1v) is 6.04. The van der Waals surface area contributed by atoms with Gasteiger partial charge in [-0.1, -0.05) is 12.1 Å². The van der Waals surface area contributed by atoms with Crippen molar-refractivity contribution in [3.63, 3.8) is 0 Å². The van der Waals surface area contributed by atoms with E-state index in [0.717, 1.165) is 6.07 Å². The molecule has 0 aliphatic rings. The topological polar surface area (TPSA) is 30.2 Å². The fraction of sp³-hybridized carbons (Fsp3) is 0.267. The number of halogens is 3. The average molecular weight is 282 g/mol. The van der Waals surface area contributed by atoms with Crippen LogP contribution in [-0.4, -0.2) is 5.78 Å². The van der Waals surface area contributed by atoms with Crippen LogP contribution in [-0.2, 0) is 17.4 Å². The second-order valence-corrected chi connectivity index (χ2v) is 4.67. The Hall–Kier alpha value is -2.04. The molecule has 0 aliphatic carbocycles. The highest BCUT2D eigenvalue weighted by molar-refractivity contribution is 5.77. The molecular formula is C15H13F3O2. The van der Waals surface area contributed by atoms with Gasteiger partial charge in [0.15, 0.2) is 0 Å². The molecule has 0 spiro atoms. The van der Waals surface area contributed by atoms with Crippen molar-refractivity contribution in [1.82, 2.24) is 0 Å². The molecule has 0 aliphatic heterocycles. The van der Waals surface area contributed by atoms with Crippen molar-refractivity contribution >= 4 is 5.78 Å². The van der Waals surface area contributed by atoms with E-state index in [-0.39, 0.29) is 17.8 Å². The van der Waals surface area contributed by atoms with Crippen LogP contribution >= 0.6 is 0 Å². The zero-order chi connectivity index (χ0) is 14.9. The largest absolute Gasteiger partial charge is 0.461 e. The minimum absolute atomic E-state index is 0.0641. The van der Waals surface area contributed by atoms with Gasteiger partial charge in [-0.25, -0.2) is 0 Å². The van der Waals surface area contributed by atoms with Crippen molar-refractivity contribution < 1.29 is 22.4 Å². The smallest absolute Gasteiger partial charge is 0.416 e. The lowest BCUT2D eigenvalue weighted by molar-refractivity contribution is -0.138. The normalized spacial score (nSPS) is 11.7. The van der Waals surface area contributed by atoms with Gasteiger partial charge in [0.1, 0.15) is 17.3 Å². The van der Waals surface area contributed by atoms with Crippen molar-refractivity contribution in [2.45, 2.75) is 26.4 Å². The van der Waals surface area contributed by atoms with Gasteiger partial charge in [-0.05, 0) is 37.6 Å². The first-order chi connectivity index (χ1) is 9.27. The van der Waals surface area contributed by atoms with E-state index < -0.39 is 11.7 Å². The van der Waals surface area contributed by atoms with Crippen LogP contribution in [0.5, 0.6) is 0 Å². The standard InChI is InChI=1S/C15H13F3O2/c1-9-3-4-11(8-13(9)15(16,17)18)14-6-5-12(20-14)7-10(2)19/h3-6,8H,7H2,1-2H3. The molecule has 1 heterocycles. The lowest BCUT2D eigenvalue weighted by Gasteiger charge is -2.11. The van der Waals surface area contributed by atoms with Crippen molar-refractivity contribution in [1.29, 1.82) is 0 Å². The maximum absolute atomic E-state index is 12.8. The highest BCUT2D eigenvalue weighted by Gasteiger charge is 2.32. The van der Waals surface area contributed by atoms with Crippen molar-refractivity contribution in [2.75, 3.05) is 0 Å². The summed E-state index contributed by atoms with van der Waals surface area (Å²) < 4.78 is 43.9. The van der Waals surface area contributed by atoms with Gasteiger partial charge in [0.25, 0.3) is 0 Å². The molecule has 1 aromatic carbocycles. The molecule has 0 unspecified atom stereocenters. The van der Waals surface area contributed by atoms with E-state index >= 15 is 0 Å². The number of furan rings is 1. The van der Waals surface area contributed by atoms with E-state index in [1.54, 1.807) is 18.2 Å². The van der Waals surface area contributed by atoms with Crippen molar-refractivity contribution in [3.8, 4) is 11.3 Å². The van der Waals surface area contributed by atoms with E-state index in [0.29, 0.717) is 17.1 Å². The molecule has 5 heteroatoms. The van der Waals surface area contributed by atoms with Crippen LogP contribution < -0.4 is 0 Å². The number of carbonyl (C=O) groups is 1. The molecule has 2 rings (SSSR count). The summed E-state index contributed by atoms with van der Waals surface area (Å²) in [5.41, 5.74) is -0.172.